The van der Waals surface area contributed by atoms with Crippen LogP contribution in [0.5, 0.6) is 0 Å². The second-order valence-electron chi connectivity index (χ2n) is 9.61. The molecule has 5 rings (SSSR count). The first-order valence-electron chi connectivity index (χ1n) is 12.1. The van der Waals surface area contributed by atoms with Gasteiger partial charge in [-0.25, -0.2) is 0 Å². The lowest BCUT2D eigenvalue weighted by Gasteiger charge is -2.28. The quantitative estimate of drug-likeness (QED) is 0.618. The molecule has 2 aliphatic heterocycles. The van der Waals surface area contributed by atoms with Gasteiger partial charge in [0.05, 0.1) is 18.9 Å². The number of hydrogen-bond donors (Lipinski definition) is 0. The van der Waals surface area contributed by atoms with Crippen molar-refractivity contribution in [2.45, 2.75) is 39.7 Å². The van der Waals surface area contributed by atoms with Gasteiger partial charge in [0, 0.05) is 72.6 Å². The third-order valence-corrected chi connectivity index (χ3v) is 7.80. The van der Waals surface area contributed by atoms with E-state index in [-0.39, 0.29) is 5.91 Å². The average molecular weight is 464 g/mol. The first-order valence-corrected chi connectivity index (χ1v) is 12.9. The Bertz CT molecular complexity index is 1080. The van der Waals surface area contributed by atoms with Gasteiger partial charge < -0.3 is 9.64 Å². The molecule has 0 saturated carbocycles. The molecule has 0 atom stereocenters. The van der Waals surface area contributed by atoms with E-state index in [1.165, 1.54) is 32.0 Å². The summed E-state index contributed by atoms with van der Waals surface area (Å²) in [7, 11) is 0. The molecule has 2 aromatic heterocycles. The van der Waals surface area contributed by atoms with Gasteiger partial charge in [0.25, 0.3) is 0 Å². The highest BCUT2D eigenvalue weighted by atomic mass is 32.1. The van der Waals surface area contributed by atoms with Crippen molar-refractivity contribution in [2.75, 3.05) is 39.4 Å². The van der Waals surface area contributed by atoms with Crippen LogP contribution in [0, 0.1) is 5.92 Å². The van der Waals surface area contributed by atoms with Gasteiger partial charge in [-0.05, 0) is 41.7 Å². The van der Waals surface area contributed by atoms with Crippen molar-refractivity contribution >= 4 is 22.8 Å². The molecule has 0 spiro atoms. The number of nitrogens with zero attached hydrogens (tertiary/aromatic N) is 3. The zero-order valence-electron chi connectivity index (χ0n) is 19.7. The van der Waals surface area contributed by atoms with E-state index in [1.807, 2.05) is 22.4 Å². The molecular weight excluding hydrogens is 430 g/mol. The second-order valence-corrected chi connectivity index (χ2v) is 10.8. The SMILES string of the molecule is CC(C)CC(=O)N1CC=C(C2=CCc3ncc(-c4ccc(CN5CCOCC5)s4)cc32)CC1. The lowest BCUT2D eigenvalue weighted by atomic mass is 9.94. The summed E-state index contributed by atoms with van der Waals surface area (Å²) in [4.78, 5) is 24.4. The molecule has 1 amide bonds. The van der Waals surface area contributed by atoms with E-state index in [0.717, 1.165) is 64.5 Å². The molecule has 3 aliphatic rings. The maximum atomic E-state index is 12.4. The van der Waals surface area contributed by atoms with Crippen molar-refractivity contribution in [3.8, 4) is 10.4 Å². The fourth-order valence-electron chi connectivity index (χ4n) is 4.85. The summed E-state index contributed by atoms with van der Waals surface area (Å²) in [5.41, 5.74) is 6.31. The van der Waals surface area contributed by atoms with Gasteiger partial charge in [-0.3, -0.25) is 14.7 Å². The van der Waals surface area contributed by atoms with E-state index in [1.54, 1.807) is 0 Å². The van der Waals surface area contributed by atoms with E-state index < -0.39 is 0 Å². The third kappa shape index (κ3) is 5.13. The van der Waals surface area contributed by atoms with Crippen LogP contribution < -0.4 is 0 Å². The Morgan fingerprint density at radius 3 is 2.79 bits per heavy atom. The predicted molar refractivity (Wildman–Crippen MR) is 134 cm³/mol. The molecule has 2 aromatic rings. The monoisotopic (exact) mass is 463 g/mol. The van der Waals surface area contributed by atoms with Crippen LogP contribution in [-0.2, 0) is 22.5 Å². The summed E-state index contributed by atoms with van der Waals surface area (Å²) >= 11 is 1.87. The lowest BCUT2D eigenvalue weighted by Crippen LogP contribution is -2.35. The van der Waals surface area contributed by atoms with Crippen molar-refractivity contribution in [1.82, 2.24) is 14.8 Å². The fraction of sp³-hybridized carbons (Fsp3) is 0.481. The molecule has 1 aliphatic carbocycles. The number of carbonyl (C=O) groups excluding carboxylic acids is 1. The zero-order chi connectivity index (χ0) is 22.8. The molecule has 6 heteroatoms. The molecule has 0 N–H and O–H groups in total. The van der Waals surface area contributed by atoms with Gasteiger partial charge >= 0.3 is 0 Å². The van der Waals surface area contributed by atoms with Crippen molar-refractivity contribution in [3.05, 3.63) is 58.3 Å². The molecule has 33 heavy (non-hydrogen) atoms. The molecule has 0 radical (unpaired) electrons. The number of pyridine rings is 1. The Morgan fingerprint density at radius 1 is 1.18 bits per heavy atom. The largest absolute Gasteiger partial charge is 0.379 e. The van der Waals surface area contributed by atoms with Gasteiger partial charge in [0.15, 0.2) is 0 Å². The fourth-order valence-corrected chi connectivity index (χ4v) is 5.88. The highest BCUT2D eigenvalue weighted by Gasteiger charge is 2.24. The molecule has 174 valence electrons. The van der Waals surface area contributed by atoms with Crippen molar-refractivity contribution < 1.29 is 9.53 Å². The number of aromatic nitrogens is 1. The summed E-state index contributed by atoms with van der Waals surface area (Å²) < 4.78 is 5.47. The number of thiophene rings is 1. The lowest BCUT2D eigenvalue weighted by molar-refractivity contribution is -0.131. The number of hydrogen-bond acceptors (Lipinski definition) is 5. The maximum absolute atomic E-state index is 12.4. The third-order valence-electron chi connectivity index (χ3n) is 6.68. The van der Waals surface area contributed by atoms with Crippen molar-refractivity contribution in [2.24, 2.45) is 5.92 Å². The van der Waals surface area contributed by atoms with Crippen LogP contribution >= 0.6 is 11.3 Å². The van der Waals surface area contributed by atoms with Gasteiger partial charge in [-0.15, -0.1) is 11.3 Å². The summed E-state index contributed by atoms with van der Waals surface area (Å²) in [6.07, 6.45) is 9.04. The standard InChI is InChI=1S/C27H33N3O2S/c1-19(2)15-27(31)30-9-7-20(8-10-30)23-4-5-25-24(23)16-21(17-28-25)26-6-3-22(33-26)18-29-11-13-32-14-12-29/h3-4,6-7,16-17,19H,5,8-15,18H2,1-2H3. The molecule has 0 bridgehead atoms. The van der Waals surface area contributed by atoms with E-state index in [0.29, 0.717) is 12.3 Å². The van der Waals surface area contributed by atoms with Gasteiger partial charge in [-0.2, -0.15) is 0 Å². The molecule has 4 heterocycles. The Morgan fingerprint density at radius 2 is 2.03 bits per heavy atom. The Balaban J connectivity index is 1.29. The number of amides is 1. The molecule has 1 fully saturated rings. The van der Waals surface area contributed by atoms with E-state index in [2.05, 4.69) is 49.1 Å². The number of morpholine rings is 1. The topological polar surface area (TPSA) is 45.7 Å². The van der Waals surface area contributed by atoms with Crippen LogP contribution in [0.1, 0.15) is 42.8 Å². The van der Waals surface area contributed by atoms with E-state index in [9.17, 15) is 4.79 Å². The van der Waals surface area contributed by atoms with Crippen LogP contribution in [0.3, 0.4) is 0 Å². The van der Waals surface area contributed by atoms with Crippen molar-refractivity contribution in [1.29, 1.82) is 0 Å². The number of allylic oxidation sites excluding steroid dienone is 2. The summed E-state index contributed by atoms with van der Waals surface area (Å²) in [5, 5.41) is 0. The summed E-state index contributed by atoms with van der Waals surface area (Å²) in [6, 6.07) is 6.81. The minimum absolute atomic E-state index is 0.274. The second kappa shape index (κ2) is 9.92. The maximum Gasteiger partial charge on any atom is 0.223 e. The molecule has 5 nitrogen and oxygen atoms in total. The molecule has 0 aromatic carbocycles. The predicted octanol–water partition coefficient (Wildman–Crippen LogP) is 4.79. The number of fused-ring (bicyclic) bond motifs is 1. The molecule has 0 unspecified atom stereocenters. The van der Waals surface area contributed by atoms with E-state index in [4.69, 9.17) is 9.72 Å². The van der Waals surface area contributed by atoms with Gasteiger partial charge in [-0.1, -0.05) is 26.0 Å². The molecule has 1 saturated heterocycles. The highest BCUT2D eigenvalue weighted by molar-refractivity contribution is 7.15. The number of ether oxygens (including phenoxy) is 1. The minimum atomic E-state index is 0.274. The van der Waals surface area contributed by atoms with Gasteiger partial charge in [0.1, 0.15) is 0 Å². The van der Waals surface area contributed by atoms with E-state index >= 15 is 0 Å². The Labute approximate surface area is 200 Å². The van der Waals surface area contributed by atoms with Crippen LogP contribution in [0.25, 0.3) is 16.0 Å². The summed E-state index contributed by atoms with van der Waals surface area (Å²) in [6.45, 7) is 10.4. The molecular formula is C27H33N3O2S. The van der Waals surface area contributed by atoms with Crippen molar-refractivity contribution in [3.63, 3.8) is 0 Å². The number of rotatable bonds is 6. The first kappa shape index (κ1) is 22.5. The van der Waals surface area contributed by atoms with Crippen LogP contribution in [-0.4, -0.2) is 60.1 Å². The Kier molecular flexibility index (Phi) is 6.76. The highest BCUT2D eigenvalue weighted by Crippen LogP contribution is 2.38. The minimum Gasteiger partial charge on any atom is -0.379 e. The van der Waals surface area contributed by atoms with Crippen LogP contribution in [0.2, 0.25) is 0 Å². The van der Waals surface area contributed by atoms with Gasteiger partial charge in [0.2, 0.25) is 5.91 Å². The zero-order valence-corrected chi connectivity index (χ0v) is 20.5. The van der Waals surface area contributed by atoms with Crippen LogP contribution in [0.4, 0.5) is 0 Å². The number of carbonyl (C=O) groups is 1. The first-order chi connectivity index (χ1) is 16.1. The van der Waals surface area contributed by atoms with Crippen LogP contribution in [0.15, 0.2) is 42.1 Å². The Hall–Kier alpha value is -2.28. The summed E-state index contributed by atoms with van der Waals surface area (Å²) in [5.74, 6) is 0.680. The smallest absolute Gasteiger partial charge is 0.223 e. The normalized spacial score (nSPS) is 18.9. The average Bonchev–Trinajstić information content (AvgIpc) is 3.46.